The Kier molecular flexibility index (Phi) is 4.33. The minimum absolute atomic E-state index is 0. The van der Waals surface area contributed by atoms with Gasteiger partial charge in [-0.05, 0) is 12.1 Å². The molecule has 6 heteroatoms. The highest BCUT2D eigenvalue weighted by molar-refractivity contribution is 5.92. The lowest BCUT2D eigenvalue weighted by atomic mass is 10.2. The molecule has 1 aromatic heterocycles. The topological polar surface area (TPSA) is 69.0 Å². The monoisotopic (exact) mass is 310 g/mol. The lowest BCUT2D eigenvalue weighted by Crippen LogP contribution is -2.19. The van der Waals surface area contributed by atoms with E-state index in [1.54, 1.807) is 25.6 Å². The van der Waals surface area contributed by atoms with Crippen LogP contribution >= 0.6 is 0 Å². The van der Waals surface area contributed by atoms with Crippen molar-refractivity contribution < 1.29 is 11.0 Å². The van der Waals surface area contributed by atoms with E-state index in [4.69, 9.17) is 4.74 Å². The van der Waals surface area contributed by atoms with E-state index in [0.29, 0.717) is 17.3 Å². The van der Waals surface area contributed by atoms with Crippen LogP contribution in [0, 0.1) is 0 Å². The van der Waals surface area contributed by atoms with Crippen LogP contribution in [0.15, 0.2) is 60.9 Å². The van der Waals surface area contributed by atoms with Gasteiger partial charge in [-0.1, -0.05) is 42.5 Å². The first kappa shape index (κ1) is 14.8. The largest absolute Gasteiger partial charge is 0.495 e. The van der Waals surface area contributed by atoms with E-state index < -0.39 is 0 Å². The number of rotatable bonds is 5. The first-order valence-corrected chi connectivity index (χ1v) is 7.14. The molecule has 1 amide bonds. The van der Waals surface area contributed by atoms with Crippen LogP contribution in [0.2, 0.25) is 0 Å². The van der Waals surface area contributed by atoms with Crippen molar-refractivity contribution in [2.24, 2.45) is 0 Å². The lowest BCUT2D eigenvalue weighted by molar-refractivity contribution is -0.116. The third-order valence-electron chi connectivity index (χ3n) is 3.26. The van der Waals surface area contributed by atoms with Crippen molar-refractivity contribution >= 4 is 11.6 Å². The zero-order valence-corrected chi connectivity index (χ0v) is 12.6. The van der Waals surface area contributed by atoms with E-state index in [1.807, 2.05) is 42.5 Å². The van der Waals surface area contributed by atoms with Crippen molar-refractivity contribution in [1.82, 2.24) is 14.8 Å². The summed E-state index contributed by atoms with van der Waals surface area (Å²) in [5.41, 5.74) is 1.54. The van der Waals surface area contributed by atoms with Crippen LogP contribution in [0.3, 0.4) is 0 Å². The van der Waals surface area contributed by atoms with Crippen LogP contribution in [0.4, 0.5) is 5.69 Å². The summed E-state index contributed by atoms with van der Waals surface area (Å²) in [7, 11) is 1.56. The number of amides is 1. The van der Waals surface area contributed by atoms with Gasteiger partial charge in [0.25, 0.3) is 0 Å². The van der Waals surface area contributed by atoms with Gasteiger partial charge in [-0.15, -0.1) is 0 Å². The molecule has 0 atom stereocenters. The second-order valence-corrected chi connectivity index (χ2v) is 4.88. The molecule has 0 saturated heterocycles. The van der Waals surface area contributed by atoms with Gasteiger partial charge in [-0.25, -0.2) is 9.67 Å². The Morgan fingerprint density at radius 1 is 1.17 bits per heavy atom. The number of hydrogen-bond acceptors (Lipinski definition) is 4. The number of anilines is 1. The predicted octanol–water partition coefficient (Wildman–Crippen LogP) is 2.84. The SMILES string of the molecule is COc1ccccc1NC(=O)Cn1cnc(-c2ccccc2)n1.[HH]. The van der Waals surface area contributed by atoms with Crippen molar-refractivity contribution in [1.29, 1.82) is 0 Å². The molecule has 0 aliphatic rings. The molecule has 0 unspecified atom stereocenters. The van der Waals surface area contributed by atoms with Crippen molar-refractivity contribution in [2.75, 3.05) is 12.4 Å². The fourth-order valence-corrected chi connectivity index (χ4v) is 2.18. The first-order valence-electron chi connectivity index (χ1n) is 7.14. The van der Waals surface area contributed by atoms with Gasteiger partial charge in [0.15, 0.2) is 5.82 Å². The summed E-state index contributed by atoms with van der Waals surface area (Å²) in [6.45, 7) is 0.0812. The second-order valence-electron chi connectivity index (χ2n) is 4.88. The van der Waals surface area contributed by atoms with Gasteiger partial charge in [0.1, 0.15) is 18.6 Å². The maximum atomic E-state index is 12.1. The highest BCUT2D eigenvalue weighted by Gasteiger charge is 2.10. The number of nitrogens with zero attached hydrogens (tertiary/aromatic N) is 3. The van der Waals surface area contributed by atoms with Crippen molar-refractivity contribution in [2.45, 2.75) is 6.54 Å². The van der Waals surface area contributed by atoms with Crippen LogP contribution < -0.4 is 10.1 Å². The summed E-state index contributed by atoms with van der Waals surface area (Å²) in [4.78, 5) is 16.4. The Balaban J connectivity index is 0.00000208. The van der Waals surface area contributed by atoms with Crippen LogP contribution in [0.1, 0.15) is 1.43 Å². The average Bonchev–Trinajstić information content (AvgIpc) is 3.04. The van der Waals surface area contributed by atoms with E-state index in [0.717, 1.165) is 5.56 Å². The molecule has 6 nitrogen and oxygen atoms in total. The summed E-state index contributed by atoms with van der Waals surface area (Å²) in [5.74, 6) is 1.01. The standard InChI is InChI=1S/C17H16N4O2.H2/c1-23-15-10-6-5-9-14(15)19-16(22)11-21-12-18-17(20-21)13-7-3-2-4-8-13;/h2-10,12H,11H2,1H3,(H,19,22);1H. The van der Waals surface area contributed by atoms with E-state index in [9.17, 15) is 4.79 Å². The van der Waals surface area contributed by atoms with E-state index in [1.165, 1.54) is 4.68 Å². The number of para-hydroxylation sites is 2. The lowest BCUT2D eigenvalue weighted by Gasteiger charge is -2.09. The minimum atomic E-state index is -0.195. The molecule has 2 aromatic carbocycles. The Labute approximate surface area is 135 Å². The normalized spacial score (nSPS) is 10.3. The number of methoxy groups -OCH3 is 1. The fraction of sp³-hybridized carbons (Fsp3) is 0.118. The van der Waals surface area contributed by atoms with Crippen LogP contribution in [-0.2, 0) is 11.3 Å². The number of hydrogen-bond donors (Lipinski definition) is 1. The second kappa shape index (κ2) is 6.74. The van der Waals surface area contributed by atoms with Gasteiger partial charge in [0.2, 0.25) is 5.91 Å². The highest BCUT2D eigenvalue weighted by atomic mass is 16.5. The maximum absolute atomic E-state index is 12.1. The summed E-state index contributed by atoms with van der Waals surface area (Å²) in [6, 6.07) is 16.9. The molecule has 0 aliphatic carbocycles. The Morgan fingerprint density at radius 3 is 2.70 bits per heavy atom. The quantitative estimate of drug-likeness (QED) is 0.787. The zero-order valence-electron chi connectivity index (χ0n) is 12.6. The number of carbonyl (C=O) groups excluding carboxylic acids is 1. The molecule has 118 valence electrons. The maximum Gasteiger partial charge on any atom is 0.246 e. The van der Waals surface area contributed by atoms with Gasteiger partial charge >= 0.3 is 0 Å². The number of benzene rings is 2. The summed E-state index contributed by atoms with van der Waals surface area (Å²) >= 11 is 0. The van der Waals surface area contributed by atoms with E-state index in [-0.39, 0.29) is 13.9 Å². The number of carbonyl (C=O) groups is 1. The van der Waals surface area contributed by atoms with Crippen molar-refractivity contribution in [3.8, 4) is 17.1 Å². The van der Waals surface area contributed by atoms with Crippen LogP contribution in [0.5, 0.6) is 5.75 Å². The molecule has 0 bridgehead atoms. The Bertz CT molecular complexity index is 805. The van der Waals surface area contributed by atoms with E-state index in [2.05, 4.69) is 15.4 Å². The predicted molar refractivity (Wildman–Crippen MR) is 89.2 cm³/mol. The molecule has 0 radical (unpaired) electrons. The van der Waals surface area contributed by atoms with Gasteiger partial charge in [-0.2, -0.15) is 5.10 Å². The fourth-order valence-electron chi connectivity index (χ4n) is 2.18. The van der Waals surface area contributed by atoms with Crippen molar-refractivity contribution in [3.05, 3.63) is 60.9 Å². The molecule has 0 saturated carbocycles. The smallest absolute Gasteiger partial charge is 0.246 e. The van der Waals surface area contributed by atoms with Gasteiger partial charge in [0.05, 0.1) is 12.8 Å². The Morgan fingerprint density at radius 2 is 1.91 bits per heavy atom. The average molecular weight is 310 g/mol. The molecule has 3 rings (SSSR count). The zero-order chi connectivity index (χ0) is 16.1. The molecule has 1 N–H and O–H groups in total. The summed E-state index contributed by atoms with van der Waals surface area (Å²) in [5, 5.41) is 7.12. The molecule has 0 aliphatic heterocycles. The number of aromatic nitrogens is 3. The van der Waals surface area contributed by atoms with Gasteiger partial charge in [0, 0.05) is 6.99 Å². The summed E-state index contributed by atoms with van der Waals surface area (Å²) < 4.78 is 6.72. The Hall–Kier alpha value is -3.15. The molecule has 0 fully saturated rings. The van der Waals surface area contributed by atoms with E-state index >= 15 is 0 Å². The van der Waals surface area contributed by atoms with Crippen molar-refractivity contribution in [3.63, 3.8) is 0 Å². The number of nitrogens with one attached hydrogen (secondary N) is 1. The van der Waals surface area contributed by atoms with Crippen LogP contribution in [0.25, 0.3) is 11.4 Å². The molecular formula is C17H18N4O2. The highest BCUT2D eigenvalue weighted by Crippen LogP contribution is 2.22. The molecule has 3 aromatic rings. The number of ether oxygens (including phenoxy) is 1. The molecule has 23 heavy (non-hydrogen) atoms. The third kappa shape index (κ3) is 3.55. The molecular weight excluding hydrogens is 292 g/mol. The first-order chi connectivity index (χ1) is 11.3. The van der Waals surface area contributed by atoms with Crippen LogP contribution in [-0.4, -0.2) is 27.8 Å². The molecule has 0 spiro atoms. The van der Waals surface area contributed by atoms with Gasteiger partial charge < -0.3 is 10.1 Å². The minimum Gasteiger partial charge on any atom is -0.495 e. The third-order valence-corrected chi connectivity index (χ3v) is 3.26. The summed E-state index contributed by atoms with van der Waals surface area (Å²) in [6.07, 6.45) is 1.55. The molecule has 1 heterocycles. The van der Waals surface area contributed by atoms with Gasteiger partial charge in [-0.3, -0.25) is 4.79 Å².